The molecule has 1 aromatic heterocycles. The average molecular weight is 333 g/mol. The number of nitrogens with zero attached hydrogens (tertiary/aromatic N) is 1. The third-order valence-corrected chi connectivity index (χ3v) is 3.17. The molecule has 0 aliphatic rings. The molecule has 0 saturated carbocycles. The molecule has 2 aromatic rings. The smallest absolute Gasteiger partial charge is 0.137 e. The molecule has 0 aliphatic heterocycles. The van der Waals surface area contributed by atoms with Crippen LogP contribution in [0, 0.1) is 0 Å². The Bertz CT molecular complexity index is 516. The third-order valence-electron chi connectivity index (χ3n) is 2.10. The van der Waals surface area contributed by atoms with E-state index in [0.717, 1.165) is 15.8 Å². The van der Waals surface area contributed by atoms with Crippen LogP contribution in [0.1, 0.15) is 5.56 Å². The van der Waals surface area contributed by atoms with Crippen molar-refractivity contribution in [1.82, 2.24) is 4.98 Å². The Kier molecular flexibility index (Phi) is 4.26. The molecule has 0 spiro atoms. The lowest BCUT2D eigenvalue weighted by Crippen LogP contribution is -1.97. The van der Waals surface area contributed by atoms with Crippen molar-refractivity contribution in [3.05, 3.63) is 56.7 Å². The van der Waals surface area contributed by atoms with Crippen molar-refractivity contribution in [1.29, 1.82) is 0 Å². The summed E-state index contributed by atoms with van der Waals surface area (Å²) < 4.78 is 6.59. The molecule has 2 rings (SSSR count). The molecule has 88 valence electrons. The van der Waals surface area contributed by atoms with E-state index in [1.165, 1.54) is 0 Å². The summed E-state index contributed by atoms with van der Waals surface area (Å²) in [5, 5.41) is 0.747. The van der Waals surface area contributed by atoms with E-state index >= 15 is 0 Å². The highest BCUT2D eigenvalue weighted by atomic mass is 79.9. The van der Waals surface area contributed by atoms with E-state index in [0.29, 0.717) is 16.9 Å². The lowest BCUT2D eigenvalue weighted by Gasteiger charge is -2.07. The van der Waals surface area contributed by atoms with Crippen LogP contribution in [0.25, 0.3) is 0 Å². The van der Waals surface area contributed by atoms with Crippen molar-refractivity contribution in [2.24, 2.45) is 0 Å². The summed E-state index contributed by atoms with van der Waals surface area (Å²) in [6.45, 7) is 0.366. The molecule has 5 heteroatoms. The lowest BCUT2D eigenvalue weighted by molar-refractivity contribution is 0.306. The Morgan fingerprint density at radius 1 is 1.06 bits per heavy atom. The molecular weight excluding hydrogens is 325 g/mol. The largest absolute Gasteiger partial charge is 0.489 e. The Morgan fingerprint density at radius 3 is 2.41 bits per heavy atom. The molecule has 0 saturated heterocycles. The number of halogens is 3. The summed E-state index contributed by atoms with van der Waals surface area (Å²) in [5.74, 6) is 0.777. The fourth-order valence-electron chi connectivity index (χ4n) is 1.24. The second kappa shape index (κ2) is 5.71. The van der Waals surface area contributed by atoms with E-state index in [9.17, 15) is 0 Å². The molecule has 0 bridgehead atoms. The van der Waals surface area contributed by atoms with Crippen LogP contribution in [0.15, 0.2) is 40.9 Å². The normalized spacial score (nSPS) is 10.3. The molecule has 0 unspecified atom stereocenters. The molecule has 0 fully saturated rings. The van der Waals surface area contributed by atoms with Crippen molar-refractivity contribution in [2.45, 2.75) is 6.61 Å². The zero-order chi connectivity index (χ0) is 12.3. The second-order valence-corrected chi connectivity index (χ2v) is 4.99. The van der Waals surface area contributed by atoms with E-state index < -0.39 is 0 Å². The molecular formula is C12H8BrCl2NO. The van der Waals surface area contributed by atoms with Crippen LogP contribution in [-0.2, 0) is 6.61 Å². The number of benzene rings is 1. The Hall–Kier alpha value is -0.770. The van der Waals surface area contributed by atoms with Gasteiger partial charge in [0.15, 0.2) is 0 Å². The molecule has 0 radical (unpaired) electrons. The monoisotopic (exact) mass is 331 g/mol. The second-order valence-electron chi connectivity index (χ2n) is 3.33. The fraction of sp³-hybridized carbons (Fsp3) is 0.0833. The summed E-state index contributed by atoms with van der Waals surface area (Å²) in [7, 11) is 0. The molecule has 2 nitrogen and oxygen atoms in total. The van der Waals surface area contributed by atoms with Gasteiger partial charge in [-0.3, -0.25) is 0 Å². The first-order valence-corrected chi connectivity index (χ1v) is 6.39. The average Bonchev–Trinajstić information content (AvgIpc) is 2.30. The van der Waals surface area contributed by atoms with Crippen LogP contribution < -0.4 is 4.74 Å². The van der Waals surface area contributed by atoms with Gasteiger partial charge in [-0.25, -0.2) is 4.98 Å². The lowest BCUT2D eigenvalue weighted by atomic mass is 10.3. The molecule has 0 aliphatic carbocycles. The standard InChI is InChI=1S/C12H8BrCl2NO/c13-9-2-4-10(5-3-9)17-7-8-1-6-11(14)16-12(8)15/h1-6H,7H2. The number of rotatable bonds is 3. The van der Waals surface area contributed by atoms with E-state index in [2.05, 4.69) is 20.9 Å². The maximum Gasteiger partial charge on any atom is 0.137 e. The number of hydrogen-bond donors (Lipinski definition) is 0. The molecule has 1 aromatic carbocycles. The van der Waals surface area contributed by atoms with Crippen LogP contribution in [0.3, 0.4) is 0 Å². The number of aromatic nitrogens is 1. The summed E-state index contributed by atoms with van der Waals surface area (Å²) in [4.78, 5) is 3.94. The highest BCUT2D eigenvalue weighted by Gasteiger charge is 2.03. The van der Waals surface area contributed by atoms with Gasteiger partial charge >= 0.3 is 0 Å². The van der Waals surface area contributed by atoms with Crippen molar-refractivity contribution < 1.29 is 4.74 Å². The topological polar surface area (TPSA) is 22.1 Å². The van der Waals surface area contributed by atoms with Crippen LogP contribution >= 0.6 is 39.1 Å². The van der Waals surface area contributed by atoms with Crippen LogP contribution in [0.4, 0.5) is 0 Å². The van der Waals surface area contributed by atoms with Gasteiger partial charge < -0.3 is 4.74 Å². The van der Waals surface area contributed by atoms with Crippen LogP contribution in [0.2, 0.25) is 10.3 Å². The van der Waals surface area contributed by atoms with E-state index in [1.54, 1.807) is 12.1 Å². The van der Waals surface area contributed by atoms with Crippen molar-refractivity contribution in [2.75, 3.05) is 0 Å². The highest BCUT2D eigenvalue weighted by molar-refractivity contribution is 9.10. The van der Waals surface area contributed by atoms with Crippen molar-refractivity contribution in [3.8, 4) is 5.75 Å². The maximum atomic E-state index is 5.94. The minimum absolute atomic E-state index is 0.366. The Morgan fingerprint density at radius 2 is 1.76 bits per heavy atom. The van der Waals surface area contributed by atoms with Gasteiger partial charge in [0.2, 0.25) is 0 Å². The Labute approximate surface area is 118 Å². The van der Waals surface area contributed by atoms with Crippen LogP contribution in [0.5, 0.6) is 5.75 Å². The fourth-order valence-corrected chi connectivity index (χ4v) is 1.90. The first-order chi connectivity index (χ1) is 8.15. The summed E-state index contributed by atoms with van der Waals surface area (Å²) in [5.41, 5.74) is 0.805. The number of hydrogen-bond acceptors (Lipinski definition) is 2. The molecule has 0 atom stereocenters. The van der Waals surface area contributed by atoms with Gasteiger partial charge in [-0.15, -0.1) is 0 Å². The molecule has 17 heavy (non-hydrogen) atoms. The summed E-state index contributed by atoms with van der Waals surface area (Å²) in [6, 6.07) is 11.1. The minimum Gasteiger partial charge on any atom is -0.489 e. The zero-order valence-electron chi connectivity index (χ0n) is 8.66. The van der Waals surface area contributed by atoms with Gasteiger partial charge in [0.25, 0.3) is 0 Å². The van der Waals surface area contributed by atoms with Gasteiger partial charge in [0.05, 0.1) is 0 Å². The quantitative estimate of drug-likeness (QED) is 0.758. The van der Waals surface area contributed by atoms with E-state index in [4.69, 9.17) is 27.9 Å². The first kappa shape index (κ1) is 12.7. The maximum absolute atomic E-state index is 5.94. The molecule has 0 N–H and O–H groups in total. The van der Waals surface area contributed by atoms with Crippen molar-refractivity contribution >= 4 is 39.1 Å². The number of pyridine rings is 1. The van der Waals surface area contributed by atoms with Gasteiger partial charge in [0, 0.05) is 10.0 Å². The summed E-state index contributed by atoms with van der Waals surface area (Å²) >= 11 is 15.0. The highest BCUT2D eigenvalue weighted by Crippen LogP contribution is 2.20. The van der Waals surface area contributed by atoms with Gasteiger partial charge in [0.1, 0.15) is 22.7 Å². The Balaban J connectivity index is 2.04. The van der Waals surface area contributed by atoms with Crippen molar-refractivity contribution in [3.63, 3.8) is 0 Å². The number of ether oxygens (including phenoxy) is 1. The SMILES string of the molecule is Clc1ccc(COc2ccc(Br)cc2)c(Cl)n1. The third kappa shape index (κ3) is 3.60. The van der Waals surface area contributed by atoms with Gasteiger partial charge in [-0.1, -0.05) is 39.1 Å². The van der Waals surface area contributed by atoms with Gasteiger partial charge in [-0.05, 0) is 36.4 Å². The van der Waals surface area contributed by atoms with Crippen LogP contribution in [-0.4, -0.2) is 4.98 Å². The minimum atomic E-state index is 0.366. The molecule has 0 amide bonds. The summed E-state index contributed by atoms with van der Waals surface area (Å²) in [6.07, 6.45) is 0. The van der Waals surface area contributed by atoms with Gasteiger partial charge in [-0.2, -0.15) is 0 Å². The molecule has 1 heterocycles. The predicted molar refractivity (Wildman–Crippen MR) is 72.7 cm³/mol. The first-order valence-electron chi connectivity index (χ1n) is 4.84. The van der Waals surface area contributed by atoms with E-state index in [1.807, 2.05) is 24.3 Å². The zero-order valence-corrected chi connectivity index (χ0v) is 11.8. The van der Waals surface area contributed by atoms with E-state index in [-0.39, 0.29) is 0 Å². The predicted octanol–water partition coefficient (Wildman–Crippen LogP) is 4.73.